The lowest BCUT2D eigenvalue weighted by Crippen LogP contribution is -2.12. The van der Waals surface area contributed by atoms with Crippen molar-refractivity contribution in [1.82, 2.24) is 4.98 Å². The first-order chi connectivity index (χ1) is 12.1. The highest BCUT2D eigenvalue weighted by Crippen LogP contribution is 2.30. The second kappa shape index (κ2) is 7.36. The minimum Gasteiger partial charge on any atom is -0.497 e. The summed E-state index contributed by atoms with van der Waals surface area (Å²) in [5.74, 6) is 0.991. The number of anilines is 1. The Morgan fingerprint density at radius 3 is 2.64 bits per heavy atom. The molecule has 1 N–H and O–H groups in total. The molecule has 128 valence electrons. The van der Waals surface area contributed by atoms with Crippen molar-refractivity contribution in [1.29, 1.82) is 0 Å². The molecule has 0 fully saturated rings. The highest BCUT2D eigenvalue weighted by molar-refractivity contribution is 7.13. The first kappa shape index (κ1) is 17.0. The van der Waals surface area contributed by atoms with Crippen molar-refractivity contribution < 1.29 is 14.3 Å². The van der Waals surface area contributed by atoms with Crippen molar-refractivity contribution in [2.45, 2.75) is 6.92 Å². The van der Waals surface area contributed by atoms with Gasteiger partial charge in [-0.25, -0.2) is 4.98 Å². The largest absolute Gasteiger partial charge is 0.497 e. The Kier molecular flexibility index (Phi) is 5.00. The molecule has 0 atom stereocenters. The van der Waals surface area contributed by atoms with Crippen LogP contribution in [-0.4, -0.2) is 25.1 Å². The van der Waals surface area contributed by atoms with E-state index in [9.17, 15) is 4.79 Å². The van der Waals surface area contributed by atoms with E-state index < -0.39 is 0 Å². The molecule has 1 aromatic heterocycles. The van der Waals surface area contributed by atoms with Gasteiger partial charge in [-0.3, -0.25) is 4.79 Å². The quantitative estimate of drug-likeness (QED) is 0.738. The fraction of sp³-hybridized carbons (Fsp3) is 0.158. The molecule has 0 radical (unpaired) electrons. The van der Waals surface area contributed by atoms with Crippen molar-refractivity contribution in [3.63, 3.8) is 0 Å². The van der Waals surface area contributed by atoms with E-state index in [1.807, 2.05) is 30.5 Å². The summed E-state index contributed by atoms with van der Waals surface area (Å²) in [6, 6.07) is 12.7. The summed E-state index contributed by atoms with van der Waals surface area (Å²) in [5, 5.41) is 5.76. The molecule has 0 saturated heterocycles. The Hall–Kier alpha value is -2.86. The summed E-state index contributed by atoms with van der Waals surface area (Å²) in [5.41, 5.74) is 3.00. The first-order valence-electron chi connectivity index (χ1n) is 7.66. The van der Waals surface area contributed by atoms with Gasteiger partial charge >= 0.3 is 0 Å². The molecular weight excluding hydrogens is 336 g/mol. The maximum Gasteiger partial charge on any atom is 0.255 e. The number of methoxy groups -OCH3 is 2. The molecule has 0 aliphatic heterocycles. The normalized spacial score (nSPS) is 10.4. The maximum absolute atomic E-state index is 12.6. The van der Waals surface area contributed by atoms with Gasteiger partial charge in [-0.2, -0.15) is 0 Å². The van der Waals surface area contributed by atoms with Gasteiger partial charge in [0.1, 0.15) is 16.5 Å². The third kappa shape index (κ3) is 3.80. The molecule has 2 aromatic carbocycles. The smallest absolute Gasteiger partial charge is 0.255 e. The van der Waals surface area contributed by atoms with E-state index in [-0.39, 0.29) is 5.91 Å². The zero-order valence-corrected chi connectivity index (χ0v) is 15.0. The summed E-state index contributed by atoms with van der Waals surface area (Å²) < 4.78 is 10.5. The zero-order valence-electron chi connectivity index (χ0n) is 14.2. The van der Waals surface area contributed by atoms with Crippen LogP contribution < -0.4 is 14.8 Å². The minimum atomic E-state index is -0.221. The van der Waals surface area contributed by atoms with Crippen LogP contribution in [0.15, 0.2) is 47.8 Å². The average Bonchev–Trinajstić information content (AvgIpc) is 3.08. The summed E-state index contributed by atoms with van der Waals surface area (Å²) in [4.78, 5) is 17.1. The fourth-order valence-electron chi connectivity index (χ4n) is 2.39. The van der Waals surface area contributed by atoms with Gasteiger partial charge in [-0.15, -0.1) is 11.3 Å². The lowest BCUT2D eigenvalue weighted by Gasteiger charge is -2.12. The number of amides is 1. The van der Waals surface area contributed by atoms with Crippen LogP contribution in [-0.2, 0) is 0 Å². The number of nitrogens with one attached hydrogen (secondary N) is 1. The number of benzene rings is 2. The molecule has 1 heterocycles. The van der Waals surface area contributed by atoms with Crippen molar-refractivity contribution >= 4 is 22.9 Å². The maximum atomic E-state index is 12.6. The van der Waals surface area contributed by atoms with E-state index in [0.29, 0.717) is 22.7 Å². The number of carbonyl (C=O) groups excluding carboxylic acids is 1. The third-order valence-electron chi connectivity index (χ3n) is 3.65. The van der Waals surface area contributed by atoms with Crippen molar-refractivity contribution in [2.24, 2.45) is 0 Å². The molecule has 0 bridgehead atoms. The van der Waals surface area contributed by atoms with Gasteiger partial charge in [-0.1, -0.05) is 12.1 Å². The Balaban J connectivity index is 1.87. The molecule has 0 spiro atoms. The number of ether oxygens (including phenoxy) is 2. The van der Waals surface area contributed by atoms with E-state index in [1.54, 1.807) is 49.8 Å². The zero-order chi connectivity index (χ0) is 17.8. The van der Waals surface area contributed by atoms with Crippen LogP contribution >= 0.6 is 11.3 Å². The molecule has 25 heavy (non-hydrogen) atoms. The molecule has 0 aliphatic carbocycles. The summed E-state index contributed by atoms with van der Waals surface area (Å²) in [7, 11) is 3.13. The van der Waals surface area contributed by atoms with Crippen molar-refractivity contribution in [3.05, 3.63) is 59.1 Å². The molecule has 6 heteroatoms. The number of rotatable bonds is 5. The average molecular weight is 354 g/mol. The number of hydrogen-bond donors (Lipinski definition) is 1. The second-order valence-corrected chi connectivity index (χ2v) is 6.25. The van der Waals surface area contributed by atoms with E-state index in [1.165, 1.54) is 0 Å². The summed E-state index contributed by atoms with van der Waals surface area (Å²) in [6.45, 7) is 1.95. The highest BCUT2D eigenvalue weighted by Gasteiger charge is 2.12. The Labute approximate surface area is 150 Å². The van der Waals surface area contributed by atoms with E-state index >= 15 is 0 Å². The SMILES string of the molecule is COc1ccc(OC)c(NC(=O)c2cccc(-c3nc(C)cs3)c2)c1. The number of hydrogen-bond acceptors (Lipinski definition) is 5. The number of thiazole rings is 1. The van der Waals surface area contributed by atoms with Gasteiger partial charge in [0.15, 0.2) is 0 Å². The summed E-state index contributed by atoms with van der Waals surface area (Å²) >= 11 is 1.56. The predicted molar refractivity (Wildman–Crippen MR) is 99.8 cm³/mol. The highest BCUT2D eigenvalue weighted by atomic mass is 32.1. The lowest BCUT2D eigenvalue weighted by molar-refractivity contribution is 0.102. The third-order valence-corrected chi connectivity index (χ3v) is 4.65. The van der Waals surface area contributed by atoms with Gasteiger partial charge in [0.2, 0.25) is 0 Å². The molecule has 0 saturated carbocycles. The molecule has 0 unspecified atom stereocenters. The molecule has 3 aromatic rings. The molecular formula is C19H18N2O3S. The fourth-order valence-corrected chi connectivity index (χ4v) is 3.18. The number of aryl methyl sites for hydroxylation is 1. The number of aromatic nitrogens is 1. The monoisotopic (exact) mass is 354 g/mol. The minimum absolute atomic E-state index is 0.221. The molecule has 5 nitrogen and oxygen atoms in total. The molecule has 1 amide bonds. The van der Waals surface area contributed by atoms with Crippen LogP contribution in [0.2, 0.25) is 0 Å². The van der Waals surface area contributed by atoms with Crippen molar-refractivity contribution in [2.75, 3.05) is 19.5 Å². The van der Waals surface area contributed by atoms with Crippen LogP contribution in [0.3, 0.4) is 0 Å². The standard InChI is InChI=1S/C19H18N2O3S/c1-12-11-25-19(20-12)14-6-4-5-13(9-14)18(22)21-16-10-15(23-2)7-8-17(16)24-3/h4-11H,1-3H3,(H,21,22). The van der Waals surface area contributed by atoms with Gasteiger partial charge in [0, 0.05) is 28.3 Å². The second-order valence-electron chi connectivity index (χ2n) is 5.40. The van der Waals surface area contributed by atoms with E-state index in [4.69, 9.17) is 9.47 Å². The van der Waals surface area contributed by atoms with E-state index in [2.05, 4.69) is 10.3 Å². The first-order valence-corrected chi connectivity index (χ1v) is 8.54. The van der Waals surface area contributed by atoms with Crippen LogP contribution in [0.25, 0.3) is 10.6 Å². The van der Waals surface area contributed by atoms with Gasteiger partial charge in [-0.05, 0) is 31.2 Å². The van der Waals surface area contributed by atoms with Crippen molar-refractivity contribution in [3.8, 4) is 22.1 Å². The number of carbonyl (C=O) groups is 1. The van der Waals surface area contributed by atoms with Crippen LogP contribution in [0.5, 0.6) is 11.5 Å². The summed E-state index contributed by atoms with van der Waals surface area (Å²) in [6.07, 6.45) is 0. The molecule has 3 rings (SSSR count). The Morgan fingerprint density at radius 2 is 1.96 bits per heavy atom. The topological polar surface area (TPSA) is 60.5 Å². The van der Waals surface area contributed by atoms with Gasteiger partial charge < -0.3 is 14.8 Å². The Bertz CT molecular complexity index is 905. The van der Waals surface area contributed by atoms with Gasteiger partial charge in [0.05, 0.1) is 19.9 Å². The Morgan fingerprint density at radius 1 is 1.12 bits per heavy atom. The van der Waals surface area contributed by atoms with Crippen LogP contribution in [0.1, 0.15) is 16.1 Å². The van der Waals surface area contributed by atoms with E-state index in [0.717, 1.165) is 16.3 Å². The van der Waals surface area contributed by atoms with Gasteiger partial charge in [0.25, 0.3) is 5.91 Å². The van der Waals surface area contributed by atoms with Crippen LogP contribution in [0, 0.1) is 6.92 Å². The lowest BCUT2D eigenvalue weighted by atomic mass is 10.1. The van der Waals surface area contributed by atoms with Crippen LogP contribution in [0.4, 0.5) is 5.69 Å². The number of nitrogens with zero attached hydrogens (tertiary/aromatic N) is 1. The predicted octanol–water partition coefficient (Wildman–Crippen LogP) is 4.39. The molecule has 0 aliphatic rings.